The van der Waals surface area contributed by atoms with Crippen molar-refractivity contribution in [1.82, 2.24) is 5.06 Å². The van der Waals surface area contributed by atoms with E-state index in [2.05, 4.69) is 4.18 Å². The minimum atomic E-state index is -3.51. The normalized spacial score (nSPS) is 13.5. The van der Waals surface area contributed by atoms with Gasteiger partial charge in [-0.1, -0.05) is 30.3 Å². The molecule has 8 heteroatoms. The minimum absolute atomic E-state index is 0.0643. The second-order valence-corrected chi connectivity index (χ2v) is 7.85. The van der Waals surface area contributed by atoms with Crippen LogP contribution in [0.4, 0.5) is 0 Å². The maximum atomic E-state index is 11.3. The van der Waals surface area contributed by atoms with Crippen molar-refractivity contribution in [3.63, 3.8) is 0 Å². The molecule has 0 radical (unpaired) electrons. The quantitative estimate of drug-likeness (QED) is 0.275. The molecule has 136 valence electrons. The second-order valence-electron chi connectivity index (χ2n) is 6.20. The van der Waals surface area contributed by atoms with Crippen LogP contribution in [0.1, 0.15) is 32.4 Å². The van der Waals surface area contributed by atoms with Gasteiger partial charge < -0.3 is 4.74 Å². The Kier molecular flexibility index (Phi) is 7.82. The summed E-state index contributed by atoms with van der Waals surface area (Å²) in [6.45, 7) is 5.65. The van der Waals surface area contributed by atoms with E-state index in [0.717, 1.165) is 11.8 Å². The number of carbonyl (C=O) groups excluding carboxylic acids is 1. The highest BCUT2D eigenvalue weighted by atomic mass is 32.2. The molecule has 0 saturated heterocycles. The van der Waals surface area contributed by atoms with Gasteiger partial charge in [-0.05, 0) is 26.3 Å². The molecule has 0 bridgehead atoms. The van der Waals surface area contributed by atoms with Crippen LogP contribution >= 0.6 is 0 Å². The van der Waals surface area contributed by atoms with E-state index < -0.39 is 21.8 Å². The summed E-state index contributed by atoms with van der Waals surface area (Å²) in [4.78, 5) is 16.8. The van der Waals surface area contributed by atoms with Crippen molar-refractivity contribution in [1.29, 1.82) is 0 Å². The van der Waals surface area contributed by atoms with Crippen LogP contribution in [0.2, 0.25) is 0 Å². The standard InChI is InChI=1S/C16H25NO6S/c1-16(2,3)23-17(13-18)12-15(14-8-6-5-7-9-14)21-10-11-22-24(4,19)20/h5-9,13,15H,10-12H2,1-4H3. The first kappa shape index (κ1) is 20.6. The number of hydrogen-bond donors (Lipinski definition) is 0. The van der Waals surface area contributed by atoms with Crippen LogP contribution in [-0.4, -0.2) is 51.5 Å². The lowest BCUT2D eigenvalue weighted by Gasteiger charge is -2.29. The summed E-state index contributed by atoms with van der Waals surface area (Å²) in [7, 11) is -3.51. The Hall–Kier alpha value is -1.48. The van der Waals surface area contributed by atoms with Gasteiger partial charge in [0.05, 0.1) is 31.6 Å². The number of nitrogens with zero attached hydrogens (tertiary/aromatic N) is 1. The van der Waals surface area contributed by atoms with Gasteiger partial charge in [0, 0.05) is 0 Å². The molecule has 0 aromatic heterocycles. The molecule has 1 aromatic rings. The zero-order valence-corrected chi connectivity index (χ0v) is 15.3. The lowest BCUT2D eigenvalue weighted by molar-refractivity contribution is -0.225. The summed E-state index contributed by atoms with van der Waals surface area (Å²) in [5, 5.41) is 1.18. The van der Waals surface area contributed by atoms with E-state index in [1.807, 2.05) is 51.1 Å². The van der Waals surface area contributed by atoms with Crippen molar-refractivity contribution in [2.24, 2.45) is 0 Å². The smallest absolute Gasteiger partial charge is 0.264 e. The SMILES string of the molecule is CC(C)(C)ON(C=O)CC(OCCOS(C)(=O)=O)c1ccccc1. The number of amides is 1. The van der Waals surface area contributed by atoms with E-state index in [4.69, 9.17) is 9.57 Å². The first-order chi connectivity index (χ1) is 11.1. The largest absolute Gasteiger partial charge is 0.369 e. The molecule has 0 fully saturated rings. The predicted molar refractivity (Wildman–Crippen MR) is 89.5 cm³/mol. The first-order valence-electron chi connectivity index (χ1n) is 7.53. The molecule has 0 aliphatic heterocycles. The van der Waals surface area contributed by atoms with Crippen LogP contribution in [0, 0.1) is 0 Å². The Morgan fingerprint density at radius 1 is 1.17 bits per heavy atom. The van der Waals surface area contributed by atoms with Gasteiger partial charge in [-0.3, -0.25) is 13.8 Å². The number of rotatable bonds is 10. The summed E-state index contributed by atoms with van der Waals surface area (Å²) in [5.74, 6) is 0. The number of carbonyl (C=O) groups is 1. The van der Waals surface area contributed by atoms with Gasteiger partial charge in [-0.15, -0.1) is 0 Å². The van der Waals surface area contributed by atoms with Crippen molar-refractivity contribution >= 4 is 16.5 Å². The molecule has 0 heterocycles. The third-order valence-corrected chi connectivity index (χ3v) is 3.32. The Labute approximate surface area is 143 Å². The van der Waals surface area contributed by atoms with Crippen molar-refractivity contribution in [2.75, 3.05) is 26.0 Å². The third kappa shape index (κ3) is 8.97. The highest BCUT2D eigenvalue weighted by Gasteiger charge is 2.21. The van der Waals surface area contributed by atoms with Crippen molar-refractivity contribution in [2.45, 2.75) is 32.5 Å². The zero-order valence-electron chi connectivity index (χ0n) is 14.5. The summed E-state index contributed by atoms with van der Waals surface area (Å²) in [5.41, 5.74) is 0.322. The van der Waals surface area contributed by atoms with Crippen LogP contribution in [0.25, 0.3) is 0 Å². The zero-order chi connectivity index (χ0) is 18.2. The van der Waals surface area contributed by atoms with Crippen molar-refractivity contribution in [3.8, 4) is 0 Å². The lowest BCUT2D eigenvalue weighted by atomic mass is 10.1. The van der Waals surface area contributed by atoms with E-state index in [-0.39, 0.29) is 19.8 Å². The Bertz CT molecular complexity index is 597. The summed E-state index contributed by atoms with van der Waals surface area (Å²) < 4.78 is 32.3. The Morgan fingerprint density at radius 3 is 2.29 bits per heavy atom. The molecule has 1 atom stereocenters. The van der Waals surface area contributed by atoms with E-state index >= 15 is 0 Å². The van der Waals surface area contributed by atoms with Crippen LogP contribution in [0.5, 0.6) is 0 Å². The molecule has 0 saturated carbocycles. The molecule has 1 unspecified atom stereocenters. The summed E-state index contributed by atoms with van der Waals surface area (Å²) in [6, 6.07) is 9.31. The number of ether oxygens (including phenoxy) is 1. The fraction of sp³-hybridized carbons (Fsp3) is 0.562. The number of hydrogen-bond acceptors (Lipinski definition) is 6. The molecule has 0 N–H and O–H groups in total. The van der Waals surface area contributed by atoms with Crippen LogP contribution in [0.3, 0.4) is 0 Å². The van der Waals surface area contributed by atoms with Gasteiger partial charge in [0.25, 0.3) is 10.1 Å². The van der Waals surface area contributed by atoms with Gasteiger partial charge in [-0.25, -0.2) is 5.06 Å². The minimum Gasteiger partial charge on any atom is -0.369 e. The Morgan fingerprint density at radius 2 is 1.79 bits per heavy atom. The highest BCUT2D eigenvalue weighted by Crippen LogP contribution is 2.20. The predicted octanol–water partition coefficient (Wildman–Crippen LogP) is 1.91. The average Bonchev–Trinajstić information content (AvgIpc) is 2.48. The fourth-order valence-corrected chi connectivity index (χ4v) is 2.29. The molecule has 1 rings (SSSR count). The van der Waals surface area contributed by atoms with Gasteiger partial charge >= 0.3 is 0 Å². The van der Waals surface area contributed by atoms with Crippen molar-refractivity contribution < 1.29 is 27.0 Å². The molecule has 24 heavy (non-hydrogen) atoms. The van der Waals surface area contributed by atoms with E-state index in [1.54, 1.807) is 0 Å². The summed E-state index contributed by atoms with van der Waals surface area (Å²) in [6.07, 6.45) is 1.10. The molecule has 1 amide bonds. The number of hydroxylamine groups is 2. The fourth-order valence-electron chi connectivity index (χ4n) is 1.91. The lowest BCUT2D eigenvalue weighted by Crippen LogP contribution is -2.36. The molecule has 7 nitrogen and oxygen atoms in total. The third-order valence-electron chi connectivity index (χ3n) is 2.73. The number of benzene rings is 1. The molecule has 0 aliphatic rings. The second kappa shape index (κ2) is 9.12. The molecule has 1 aromatic carbocycles. The van der Waals surface area contributed by atoms with Gasteiger partial charge in [0.15, 0.2) is 0 Å². The van der Waals surface area contributed by atoms with Gasteiger partial charge in [0.1, 0.15) is 6.10 Å². The van der Waals surface area contributed by atoms with Gasteiger partial charge in [-0.2, -0.15) is 8.42 Å². The van der Waals surface area contributed by atoms with Crippen molar-refractivity contribution in [3.05, 3.63) is 35.9 Å². The van der Waals surface area contributed by atoms with E-state index in [0.29, 0.717) is 6.41 Å². The molecular weight excluding hydrogens is 334 g/mol. The maximum absolute atomic E-state index is 11.3. The van der Waals surface area contributed by atoms with Crippen LogP contribution in [0.15, 0.2) is 30.3 Å². The average molecular weight is 359 g/mol. The molecular formula is C16H25NO6S. The van der Waals surface area contributed by atoms with Crippen LogP contribution < -0.4 is 0 Å². The topological polar surface area (TPSA) is 82.1 Å². The Balaban J connectivity index is 2.73. The van der Waals surface area contributed by atoms with E-state index in [9.17, 15) is 13.2 Å². The molecule has 0 spiro atoms. The first-order valence-corrected chi connectivity index (χ1v) is 9.34. The van der Waals surface area contributed by atoms with E-state index in [1.165, 1.54) is 5.06 Å². The summed E-state index contributed by atoms with van der Waals surface area (Å²) >= 11 is 0. The maximum Gasteiger partial charge on any atom is 0.264 e. The molecule has 0 aliphatic carbocycles. The monoisotopic (exact) mass is 359 g/mol. The van der Waals surface area contributed by atoms with Crippen LogP contribution in [-0.2, 0) is 28.7 Å². The highest BCUT2D eigenvalue weighted by molar-refractivity contribution is 7.85. The van der Waals surface area contributed by atoms with Gasteiger partial charge in [0.2, 0.25) is 6.41 Å².